The molecule has 0 saturated heterocycles. The highest BCUT2D eigenvalue weighted by atomic mass is 35.5. The summed E-state index contributed by atoms with van der Waals surface area (Å²) in [5.74, 6) is -0.522. The molecular formula is C23H23Cl2O5P. The Balaban J connectivity index is 2.27. The van der Waals surface area contributed by atoms with Crippen molar-refractivity contribution in [1.29, 1.82) is 0 Å². The monoisotopic (exact) mass is 480 g/mol. The summed E-state index contributed by atoms with van der Waals surface area (Å²) >= 11 is 12.1. The van der Waals surface area contributed by atoms with Gasteiger partial charge in [-0.3, -0.25) is 14.2 Å². The molecule has 0 aliphatic rings. The highest BCUT2D eigenvalue weighted by Crippen LogP contribution is 2.44. The van der Waals surface area contributed by atoms with Gasteiger partial charge in [-0.1, -0.05) is 66.5 Å². The van der Waals surface area contributed by atoms with Crippen LogP contribution >= 0.6 is 30.8 Å². The first-order valence-electron chi connectivity index (χ1n) is 9.40. The first kappa shape index (κ1) is 25.3. The number of halogens is 2. The minimum absolute atomic E-state index is 0.242. The summed E-state index contributed by atoms with van der Waals surface area (Å²) in [6.07, 6.45) is 2.14. The Hall–Kier alpha value is -2.01. The summed E-state index contributed by atoms with van der Waals surface area (Å²) in [5, 5.41) is 1.20. The zero-order valence-electron chi connectivity index (χ0n) is 17.6. The molecule has 0 aliphatic heterocycles. The molecule has 0 radical (unpaired) electrons. The lowest BCUT2D eigenvalue weighted by molar-refractivity contribution is 0.102. The van der Waals surface area contributed by atoms with E-state index >= 15 is 0 Å². The van der Waals surface area contributed by atoms with Crippen molar-refractivity contribution in [2.24, 2.45) is 0 Å². The molecule has 0 fully saturated rings. The van der Waals surface area contributed by atoms with Crippen molar-refractivity contribution >= 4 is 47.7 Å². The van der Waals surface area contributed by atoms with Crippen LogP contribution in [0.1, 0.15) is 46.5 Å². The third kappa shape index (κ3) is 6.03. The van der Waals surface area contributed by atoms with Gasteiger partial charge >= 0.3 is 7.60 Å². The molecule has 164 valence electrons. The topological polar surface area (TPSA) is 69.7 Å². The molecule has 8 heteroatoms. The van der Waals surface area contributed by atoms with Crippen LogP contribution in [0.5, 0.6) is 0 Å². The number of ketones is 2. The van der Waals surface area contributed by atoms with E-state index in [0.717, 1.165) is 0 Å². The highest BCUT2D eigenvalue weighted by molar-refractivity contribution is 7.62. The smallest absolute Gasteiger partial charge is 0.309 e. The number of benzene rings is 2. The fourth-order valence-corrected chi connectivity index (χ4v) is 4.09. The van der Waals surface area contributed by atoms with Gasteiger partial charge in [0.15, 0.2) is 11.6 Å². The Bertz CT molecular complexity index is 1060. The lowest BCUT2D eigenvalue weighted by atomic mass is 9.98. The van der Waals surface area contributed by atoms with E-state index in [0.29, 0.717) is 44.1 Å². The number of hydrogen-bond acceptors (Lipinski definition) is 5. The fourth-order valence-electron chi connectivity index (χ4n) is 2.76. The predicted octanol–water partition coefficient (Wildman–Crippen LogP) is 6.26. The number of allylic oxidation sites excluding steroid dienone is 4. The van der Waals surface area contributed by atoms with Gasteiger partial charge in [0, 0.05) is 46.5 Å². The second kappa shape index (κ2) is 11.0. The summed E-state index contributed by atoms with van der Waals surface area (Å²) in [7, 11) is -0.789. The zero-order valence-corrected chi connectivity index (χ0v) is 20.1. The third-order valence-electron chi connectivity index (χ3n) is 4.59. The molecule has 0 aromatic heterocycles. The minimum atomic E-state index is -3.38. The standard InChI is InChI=1S/C23H23Cl2O5P/c1-5-19(25)14-21(15(2)24)23(27)18-8-6-16(7-9-18)22(26)17-10-12-20(13-11-17)31(28,29-3)30-4/h6-14H,5H2,1-4H3/b19-14+,21-15-. The molecule has 0 spiro atoms. The minimum Gasteiger partial charge on any atom is -0.309 e. The molecule has 5 nitrogen and oxygen atoms in total. The number of Topliss-reactive ketones (excluding diaryl/α,β-unsaturated/α-hetero) is 1. The normalized spacial score (nSPS) is 13.0. The first-order valence-corrected chi connectivity index (χ1v) is 11.7. The summed E-state index contributed by atoms with van der Waals surface area (Å²) in [6, 6.07) is 12.5. The van der Waals surface area contributed by atoms with E-state index in [9.17, 15) is 14.2 Å². The van der Waals surface area contributed by atoms with Crippen LogP contribution in [0.25, 0.3) is 0 Å². The Morgan fingerprint density at radius 2 is 1.35 bits per heavy atom. The van der Waals surface area contributed by atoms with Crippen LogP contribution in [0, 0.1) is 0 Å². The van der Waals surface area contributed by atoms with Crippen molar-refractivity contribution in [3.8, 4) is 0 Å². The van der Waals surface area contributed by atoms with Crippen molar-refractivity contribution in [3.63, 3.8) is 0 Å². The van der Waals surface area contributed by atoms with Gasteiger partial charge in [-0.25, -0.2) is 0 Å². The van der Waals surface area contributed by atoms with E-state index in [4.69, 9.17) is 32.2 Å². The van der Waals surface area contributed by atoms with Gasteiger partial charge in [-0.05, 0) is 31.6 Å². The van der Waals surface area contributed by atoms with E-state index in [1.165, 1.54) is 26.4 Å². The first-order chi connectivity index (χ1) is 14.7. The number of carbonyl (C=O) groups excluding carboxylic acids is 2. The van der Waals surface area contributed by atoms with Gasteiger partial charge in [0.2, 0.25) is 0 Å². The second-order valence-corrected chi connectivity index (χ2v) is 9.83. The fraction of sp³-hybridized carbons (Fsp3) is 0.217. The third-order valence-corrected chi connectivity index (χ3v) is 7.06. The van der Waals surface area contributed by atoms with Crippen LogP contribution in [0.15, 0.2) is 70.2 Å². The highest BCUT2D eigenvalue weighted by Gasteiger charge is 2.24. The summed E-state index contributed by atoms with van der Waals surface area (Å²) < 4.78 is 22.3. The van der Waals surface area contributed by atoms with Crippen LogP contribution in [0.2, 0.25) is 0 Å². The Morgan fingerprint density at radius 3 is 1.77 bits per heavy atom. The Labute approximate surface area is 192 Å². The maximum atomic E-state index is 12.8. The predicted molar refractivity (Wildman–Crippen MR) is 125 cm³/mol. The van der Waals surface area contributed by atoms with Gasteiger partial charge in [0.1, 0.15) is 0 Å². The molecule has 2 aromatic carbocycles. The quantitative estimate of drug-likeness (QED) is 0.183. The average Bonchev–Trinajstić information content (AvgIpc) is 2.80. The van der Waals surface area contributed by atoms with Gasteiger partial charge in [-0.15, -0.1) is 0 Å². The van der Waals surface area contributed by atoms with Crippen molar-refractivity contribution < 1.29 is 23.2 Å². The molecule has 31 heavy (non-hydrogen) atoms. The van der Waals surface area contributed by atoms with Gasteiger partial charge in [-0.2, -0.15) is 0 Å². The van der Waals surface area contributed by atoms with Gasteiger partial charge in [0.25, 0.3) is 0 Å². The van der Waals surface area contributed by atoms with E-state index in [2.05, 4.69) is 0 Å². The largest absolute Gasteiger partial charge is 0.360 e. The van der Waals surface area contributed by atoms with Crippen LogP contribution in [-0.4, -0.2) is 25.8 Å². The molecule has 0 bridgehead atoms. The Morgan fingerprint density at radius 1 is 0.903 bits per heavy atom. The van der Waals surface area contributed by atoms with Crippen LogP contribution in [-0.2, 0) is 13.6 Å². The van der Waals surface area contributed by atoms with Gasteiger partial charge < -0.3 is 9.05 Å². The average molecular weight is 481 g/mol. The maximum Gasteiger partial charge on any atom is 0.360 e. The Kier molecular flexibility index (Phi) is 8.99. The van der Waals surface area contributed by atoms with Crippen molar-refractivity contribution in [2.75, 3.05) is 14.2 Å². The lowest BCUT2D eigenvalue weighted by Crippen LogP contribution is -2.10. The zero-order chi connectivity index (χ0) is 23.2. The summed E-state index contributed by atoms with van der Waals surface area (Å²) in [4.78, 5) is 25.6. The molecule has 0 saturated carbocycles. The molecule has 0 atom stereocenters. The van der Waals surface area contributed by atoms with Crippen LogP contribution in [0.3, 0.4) is 0 Å². The molecular weight excluding hydrogens is 458 g/mol. The van der Waals surface area contributed by atoms with Crippen LogP contribution < -0.4 is 5.30 Å². The lowest BCUT2D eigenvalue weighted by Gasteiger charge is -2.13. The molecule has 2 aromatic rings. The molecule has 0 unspecified atom stereocenters. The van der Waals surface area contributed by atoms with Crippen molar-refractivity contribution in [3.05, 3.63) is 86.9 Å². The van der Waals surface area contributed by atoms with Crippen molar-refractivity contribution in [1.82, 2.24) is 0 Å². The number of carbonyl (C=O) groups is 2. The maximum absolute atomic E-state index is 12.8. The number of rotatable bonds is 9. The molecule has 0 N–H and O–H groups in total. The van der Waals surface area contributed by atoms with E-state index in [-0.39, 0.29) is 11.6 Å². The van der Waals surface area contributed by atoms with Crippen molar-refractivity contribution in [2.45, 2.75) is 20.3 Å². The molecule has 0 amide bonds. The molecule has 2 rings (SSSR count). The van der Waals surface area contributed by atoms with Gasteiger partial charge in [0.05, 0.1) is 5.30 Å². The van der Waals surface area contributed by atoms with E-state index in [1.54, 1.807) is 49.4 Å². The summed E-state index contributed by atoms with van der Waals surface area (Å²) in [6.45, 7) is 3.50. The molecule has 0 heterocycles. The van der Waals surface area contributed by atoms with E-state index < -0.39 is 7.60 Å². The SMILES string of the molecule is CC/C(Cl)=C\C(C(=O)c1ccc(C(=O)c2ccc(P(=O)(OC)OC)cc2)cc1)=C(/C)Cl. The number of hydrogen-bond donors (Lipinski definition) is 0. The van der Waals surface area contributed by atoms with Crippen LogP contribution in [0.4, 0.5) is 0 Å². The molecule has 0 aliphatic carbocycles. The summed E-state index contributed by atoms with van der Waals surface area (Å²) in [5.41, 5.74) is 1.50. The van der Waals surface area contributed by atoms with E-state index in [1.807, 2.05) is 6.92 Å². The second-order valence-electron chi connectivity index (χ2n) is 6.54.